The molecule has 1 aromatic rings. The molecule has 0 amide bonds. The fourth-order valence-corrected chi connectivity index (χ4v) is 2.34. The van der Waals surface area contributed by atoms with Gasteiger partial charge in [0.15, 0.2) is 0 Å². The number of benzene rings is 1. The molecule has 0 saturated carbocycles. The van der Waals surface area contributed by atoms with Crippen LogP contribution < -0.4 is 5.46 Å². The Balaban J connectivity index is 2.17. The fraction of sp³-hybridized carbons (Fsp3) is 0.500. The van der Waals surface area contributed by atoms with E-state index in [0.29, 0.717) is 0 Å². The minimum Gasteiger partial charge on any atom is -0.399 e. The smallest absolute Gasteiger partial charge is 0.399 e. The van der Waals surface area contributed by atoms with E-state index in [1.165, 1.54) is 5.56 Å². The molecule has 0 spiro atoms. The number of halogens is 1. The summed E-state index contributed by atoms with van der Waals surface area (Å²) in [6.07, 6.45) is 5.33. The molecule has 1 heterocycles. The van der Waals surface area contributed by atoms with Gasteiger partial charge in [0, 0.05) is 5.33 Å². The highest BCUT2D eigenvalue weighted by atomic mass is 79.9. The molecular formula is C16H22BBrO2. The van der Waals surface area contributed by atoms with Crippen LogP contribution in [0.3, 0.4) is 0 Å². The molecule has 0 bridgehead atoms. The Morgan fingerprint density at radius 1 is 1.15 bits per heavy atom. The van der Waals surface area contributed by atoms with Crippen molar-refractivity contribution < 1.29 is 9.31 Å². The van der Waals surface area contributed by atoms with E-state index in [-0.39, 0.29) is 18.3 Å². The van der Waals surface area contributed by atoms with E-state index in [2.05, 4.69) is 74.0 Å². The van der Waals surface area contributed by atoms with E-state index in [1.807, 2.05) is 6.07 Å². The van der Waals surface area contributed by atoms with E-state index in [0.717, 1.165) is 17.2 Å². The van der Waals surface area contributed by atoms with E-state index in [1.54, 1.807) is 0 Å². The van der Waals surface area contributed by atoms with Crippen molar-refractivity contribution in [3.8, 4) is 0 Å². The maximum Gasteiger partial charge on any atom is 0.494 e. The molecule has 0 aliphatic carbocycles. The molecule has 1 saturated heterocycles. The third-order valence-electron chi connectivity index (χ3n) is 4.02. The highest BCUT2D eigenvalue weighted by Crippen LogP contribution is 2.36. The number of rotatable bonds is 4. The maximum absolute atomic E-state index is 6.08. The molecule has 108 valence electrons. The van der Waals surface area contributed by atoms with Crippen LogP contribution in [-0.4, -0.2) is 23.7 Å². The Hall–Kier alpha value is -0.575. The molecule has 0 N–H and O–H groups in total. The van der Waals surface area contributed by atoms with Gasteiger partial charge in [-0.1, -0.05) is 52.3 Å². The van der Waals surface area contributed by atoms with Crippen LogP contribution in [0.4, 0.5) is 0 Å². The third kappa shape index (κ3) is 3.36. The van der Waals surface area contributed by atoms with Crippen LogP contribution in [0.15, 0.2) is 30.3 Å². The van der Waals surface area contributed by atoms with E-state index in [4.69, 9.17) is 9.31 Å². The van der Waals surface area contributed by atoms with Crippen LogP contribution in [0.2, 0.25) is 0 Å². The van der Waals surface area contributed by atoms with Crippen molar-refractivity contribution in [2.45, 2.75) is 45.3 Å². The van der Waals surface area contributed by atoms with Gasteiger partial charge in [0.05, 0.1) is 11.2 Å². The van der Waals surface area contributed by atoms with Crippen LogP contribution in [0.5, 0.6) is 0 Å². The monoisotopic (exact) mass is 336 g/mol. The molecule has 2 nitrogen and oxygen atoms in total. The first-order chi connectivity index (χ1) is 9.36. The topological polar surface area (TPSA) is 18.5 Å². The summed E-state index contributed by atoms with van der Waals surface area (Å²) in [5.74, 6) is 0. The summed E-state index contributed by atoms with van der Waals surface area (Å²) in [4.78, 5) is 0. The zero-order valence-electron chi connectivity index (χ0n) is 12.7. The zero-order chi connectivity index (χ0) is 14.8. The average molecular weight is 337 g/mol. The lowest BCUT2D eigenvalue weighted by Gasteiger charge is -2.32. The van der Waals surface area contributed by atoms with Crippen molar-refractivity contribution in [2.75, 3.05) is 5.33 Å². The molecule has 0 atom stereocenters. The largest absolute Gasteiger partial charge is 0.494 e. The summed E-state index contributed by atoms with van der Waals surface area (Å²) in [6, 6.07) is 8.34. The van der Waals surface area contributed by atoms with Crippen LogP contribution in [0, 0.1) is 0 Å². The summed E-state index contributed by atoms with van der Waals surface area (Å²) in [7, 11) is -0.287. The van der Waals surface area contributed by atoms with E-state index in [9.17, 15) is 0 Å². The van der Waals surface area contributed by atoms with Crippen LogP contribution >= 0.6 is 15.9 Å². The predicted octanol–water partition coefficient (Wildman–Crippen LogP) is 3.78. The second kappa shape index (κ2) is 6.04. The molecule has 1 aliphatic heterocycles. The molecule has 1 aliphatic rings. The summed E-state index contributed by atoms with van der Waals surface area (Å²) in [5, 5.41) is 0.987. The highest BCUT2D eigenvalue weighted by Gasteiger charge is 2.51. The molecule has 1 fully saturated rings. The van der Waals surface area contributed by atoms with Gasteiger partial charge in [-0.05, 0) is 45.1 Å². The van der Waals surface area contributed by atoms with Crippen LogP contribution in [0.1, 0.15) is 39.7 Å². The minimum absolute atomic E-state index is 0.287. The number of allylic oxidation sites excluding steroid dienone is 1. The lowest BCUT2D eigenvalue weighted by molar-refractivity contribution is 0.00578. The second-order valence-corrected chi connectivity index (χ2v) is 6.93. The molecule has 0 radical (unpaired) electrons. The van der Waals surface area contributed by atoms with Gasteiger partial charge in [0.25, 0.3) is 0 Å². The molecule has 0 unspecified atom stereocenters. The van der Waals surface area contributed by atoms with Gasteiger partial charge in [-0.15, -0.1) is 0 Å². The Morgan fingerprint density at radius 3 is 2.40 bits per heavy atom. The summed E-state index contributed by atoms with van der Waals surface area (Å²) < 4.78 is 12.2. The van der Waals surface area contributed by atoms with Gasteiger partial charge in [0.1, 0.15) is 0 Å². The first kappa shape index (κ1) is 15.8. The quantitative estimate of drug-likeness (QED) is 0.615. The molecular weight excluding hydrogens is 315 g/mol. The predicted molar refractivity (Wildman–Crippen MR) is 89.6 cm³/mol. The SMILES string of the molecule is CC1(C)OB(c2cccc(C=CCCBr)c2)OC1(C)C. The first-order valence-corrected chi connectivity index (χ1v) is 8.16. The first-order valence-electron chi connectivity index (χ1n) is 7.04. The minimum atomic E-state index is -0.292. The third-order valence-corrected chi connectivity index (χ3v) is 4.48. The van der Waals surface area contributed by atoms with Crippen molar-refractivity contribution in [1.82, 2.24) is 0 Å². The molecule has 20 heavy (non-hydrogen) atoms. The molecule has 0 aromatic heterocycles. The average Bonchev–Trinajstić information content (AvgIpc) is 2.59. The number of hydrogen-bond acceptors (Lipinski definition) is 2. The van der Waals surface area contributed by atoms with Gasteiger partial charge in [-0.3, -0.25) is 0 Å². The van der Waals surface area contributed by atoms with Gasteiger partial charge < -0.3 is 9.31 Å². The van der Waals surface area contributed by atoms with E-state index < -0.39 is 0 Å². The van der Waals surface area contributed by atoms with Gasteiger partial charge >= 0.3 is 7.12 Å². The number of hydrogen-bond donors (Lipinski definition) is 0. The Kier molecular flexibility index (Phi) is 4.78. The van der Waals surface area contributed by atoms with Crippen molar-refractivity contribution in [2.24, 2.45) is 0 Å². The lowest BCUT2D eigenvalue weighted by Crippen LogP contribution is -2.41. The van der Waals surface area contributed by atoms with Gasteiger partial charge in [-0.25, -0.2) is 0 Å². The number of alkyl halides is 1. The highest BCUT2D eigenvalue weighted by molar-refractivity contribution is 9.09. The lowest BCUT2D eigenvalue weighted by atomic mass is 9.78. The molecule has 1 aromatic carbocycles. The van der Waals surface area contributed by atoms with Crippen molar-refractivity contribution in [1.29, 1.82) is 0 Å². The van der Waals surface area contributed by atoms with Crippen molar-refractivity contribution >= 4 is 34.6 Å². The fourth-order valence-electron chi connectivity index (χ4n) is 2.07. The molecule has 4 heteroatoms. The van der Waals surface area contributed by atoms with Crippen molar-refractivity contribution in [3.05, 3.63) is 35.9 Å². The Labute approximate surface area is 130 Å². The standard InChI is InChI=1S/C16H22BBrO2/c1-15(2)16(3,4)20-17(19-15)14-10-7-9-13(12-14)8-5-6-11-18/h5,7-10,12H,6,11H2,1-4H3. The summed E-state index contributed by atoms with van der Waals surface area (Å²) in [6.45, 7) is 8.30. The maximum atomic E-state index is 6.08. The summed E-state index contributed by atoms with van der Waals surface area (Å²) in [5.41, 5.74) is 1.67. The summed E-state index contributed by atoms with van der Waals surface area (Å²) >= 11 is 3.42. The van der Waals surface area contributed by atoms with Gasteiger partial charge in [-0.2, -0.15) is 0 Å². The van der Waals surface area contributed by atoms with Gasteiger partial charge in [0.2, 0.25) is 0 Å². The Morgan fingerprint density at radius 2 is 1.80 bits per heavy atom. The second-order valence-electron chi connectivity index (χ2n) is 6.14. The van der Waals surface area contributed by atoms with Crippen molar-refractivity contribution in [3.63, 3.8) is 0 Å². The molecule has 2 rings (SSSR count). The normalized spacial score (nSPS) is 20.8. The van der Waals surface area contributed by atoms with Crippen LogP contribution in [0.25, 0.3) is 6.08 Å². The van der Waals surface area contributed by atoms with Crippen LogP contribution in [-0.2, 0) is 9.31 Å². The Bertz CT molecular complexity index is 481. The zero-order valence-corrected chi connectivity index (χ0v) is 14.2. The van der Waals surface area contributed by atoms with E-state index >= 15 is 0 Å².